The number of hydrogen-bond acceptors (Lipinski definition) is 4. The van der Waals surface area contributed by atoms with E-state index in [1.807, 2.05) is 38.1 Å². The standard InChI is InChI=1S/C24H25ClN2O4S/c1-17-8-11-21(12-9-17)32(29,30)27(20-10-13-23(31-3)22(25)14-20)16-24(28)26-15-19-7-5-4-6-18(19)2/h4-14H,15-16H2,1-3H3,(H,26,28). The summed E-state index contributed by atoms with van der Waals surface area (Å²) in [6.45, 7) is 3.73. The first-order valence-corrected chi connectivity index (χ1v) is 11.8. The van der Waals surface area contributed by atoms with Crippen molar-refractivity contribution in [1.82, 2.24) is 5.32 Å². The molecule has 1 amide bonds. The van der Waals surface area contributed by atoms with Gasteiger partial charge in [-0.2, -0.15) is 0 Å². The number of hydrogen-bond donors (Lipinski definition) is 1. The Kier molecular flexibility index (Phi) is 7.43. The zero-order valence-corrected chi connectivity index (χ0v) is 19.7. The molecule has 8 heteroatoms. The second-order valence-electron chi connectivity index (χ2n) is 7.35. The Labute approximate surface area is 193 Å². The van der Waals surface area contributed by atoms with E-state index in [-0.39, 0.29) is 15.6 Å². The minimum Gasteiger partial charge on any atom is -0.495 e. The van der Waals surface area contributed by atoms with Crippen molar-refractivity contribution in [2.75, 3.05) is 18.0 Å². The lowest BCUT2D eigenvalue weighted by Crippen LogP contribution is -2.40. The van der Waals surface area contributed by atoms with Gasteiger partial charge >= 0.3 is 0 Å². The lowest BCUT2D eigenvalue weighted by Gasteiger charge is -2.25. The summed E-state index contributed by atoms with van der Waals surface area (Å²) < 4.78 is 33.1. The van der Waals surface area contributed by atoms with Crippen LogP contribution < -0.4 is 14.4 Å². The summed E-state index contributed by atoms with van der Waals surface area (Å²) in [5.74, 6) is -0.0250. The van der Waals surface area contributed by atoms with E-state index >= 15 is 0 Å². The highest BCUT2D eigenvalue weighted by atomic mass is 35.5. The van der Waals surface area contributed by atoms with Gasteiger partial charge < -0.3 is 10.1 Å². The molecule has 0 aliphatic carbocycles. The Morgan fingerprint density at radius 3 is 2.34 bits per heavy atom. The van der Waals surface area contributed by atoms with Crippen LogP contribution in [0.3, 0.4) is 0 Å². The van der Waals surface area contributed by atoms with Crippen molar-refractivity contribution >= 4 is 33.2 Å². The number of anilines is 1. The Bertz CT molecular complexity index is 1210. The lowest BCUT2D eigenvalue weighted by atomic mass is 10.1. The number of halogens is 1. The third kappa shape index (κ3) is 5.41. The molecule has 0 spiro atoms. The van der Waals surface area contributed by atoms with Gasteiger partial charge in [0.15, 0.2) is 0 Å². The molecule has 168 valence electrons. The number of sulfonamides is 1. The van der Waals surface area contributed by atoms with Crippen LogP contribution in [-0.4, -0.2) is 28.0 Å². The van der Waals surface area contributed by atoms with E-state index in [4.69, 9.17) is 16.3 Å². The third-order valence-electron chi connectivity index (χ3n) is 5.06. The van der Waals surface area contributed by atoms with Gasteiger partial charge in [-0.15, -0.1) is 0 Å². The normalized spacial score (nSPS) is 11.1. The van der Waals surface area contributed by atoms with Crippen LogP contribution in [0.1, 0.15) is 16.7 Å². The highest BCUT2D eigenvalue weighted by Gasteiger charge is 2.27. The molecule has 3 aromatic rings. The van der Waals surface area contributed by atoms with Crippen molar-refractivity contribution in [3.63, 3.8) is 0 Å². The SMILES string of the molecule is COc1ccc(N(CC(=O)NCc2ccccc2C)S(=O)(=O)c2ccc(C)cc2)cc1Cl. The number of rotatable bonds is 8. The Hall–Kier alpha value is -3.03. The van der Waals surface area contributed by atoms with Crippen molar-refractivity contribution in [3.8, 4) is 5.75 Å². The average Bonchev–Trinajstić information content (AvgIpc) is 2.77. The molecule has 0 heterocycles. The molecule has 0 aliphatic rings. The highest BCUT2D eigenvalue weighted by Crippen LogP contribution is 2.32. The summed E-state index contributed by atoms with van der Waals surface area (Å²) in [7, 11) is -2.55. The van der Waals surface area contributed by atoms with Gasteiger partial charge in [0, 0.05) is 6.54 Å². The number of aryl methyl sites for hydroxylation is 2. The number of carbonyl (C=O) groups excluding carboxylic acids is 1. The molecule has 0 aromatic heterocycles. The van der Waals surface area contributed by atoms with E-state index in [2.05, 4.69) is 5.32 Å². The summed E-state index contributed by atoms with van der Waals surface area (Å²) in [6, 6.07) is 18.8. The molecule has 0 radical (unpaired) electrons. The first-order valence-electron chi connectivity index (χ1n) is 9.96. The van der Waals surface area contributed by atoms with Gasteiger partial charge in [0.2, 0.25) is 5.91 Å². The third-order valence-corrected chi connectivity index (χ3v) is 7.14. The fraction of sp³-hybridized carbons (Fsp3) is 0.208. The Morgan fingerprint density at radius 2 is 1.72 bits per heavy atom. The molecule has 1 N–H and O–H groups in total. The summed E-state index contributed by atoms with van der Waals surface area (Å²) in [5, 5.41) is 3.05. The molecular weight excluding hydrogens is 448 g/mol. The van der Waals surface area contributed by atoms with E-state index in [0.717, 1.165) is 21.0 Å². The fourth-order valence-corrected chi connectivity index (χ4v) is 4.82. The molecule has 0 bridgehead atoms. The molecule has 0 unspecified atom stereocenters. The van der Waals surface area contributed by atoms with Crippen molar-refractivity contribution in [2.45, 2.75) is 25.3 Å². The van der Waals surface area contributed by atoms with Gasteiger partial charge in [-0.05, 0) is 55.3 Å². The second-order valence-corrected chi connectivity index (χ2v) is 9.62. The van der Waals surface area contributed by atoms with Crippen molar-refractivity contribution < 1.29 is 17.9 Å². The van der Waals surface area contributed by atoms with Crippen LogP contribution in [0.25, 0.3) is 0 Å². The summed E-state index contributed by atoms with van der Waals surface area (Å²) in [6.07, 6.45) is 0. The van der Waals surface area contributed by atoms with Crippen LogP contribution in [-0.2, 0) is 21.4 Å². The topological polar surface area (TPSA) is 75.7 Å². The van der Waals surface area contributed by atoms with E-state index in [9.17, 15) is 13.2 Å². The van der Waals surface area contributed by atoms with Crippen LogP contribution >= 0.6 is 11.6 Å². The molecule has 0 saturated heterocycles. The zero-order chi connectivity index (χ0) is 23.3. The molecule has 0 saturated carbocycles. The predicted molar refractivity (Wildman–Crippen MR) is 127 cm³/mol. The summed E-state index contributed by atoms with van der Waals surface area (Å²) >= 11 is 6.24. The summed E-state index contributed by atoms with van der Waals surface area (Å²) in [4.78, 5) is 12.9. The van der Waals surface area contributed by atoms with E-state index in [1.165, 1.54) is 25.3 Å². The van der Waals surface area contributed by atoms with Crippen molar-refractivity contribution in [3.05, 3.63) is 88.4 Å². The van der Waals surface area contributed by atoms with Gasteiger partial charge in [-0.25, -0.2) is 8.42 Å². The molecule has 3 aromatic carbocycles. The van der Waals surface area contributed by atoms with Gasteiger partial charge in [0.25, 0.3) is 10.0 Å². The van der Waals surface area contributed by atoms with Crippen LogP contribution in [0.5, 0.6) is 5.75 Å². The molecule has 3 rings (SSSR count). The number of benzene rings is 3. The van der Waals surface area contributed by atoms with Crippen LogP contribution in [0.4, 0.5) is 5.69 Å². The molecule has 0 aliphatic heterocycles. The second kappa shape index (κ2) is 10.1. The monoisotopic (exact) mass is 472 g/mol. The first kappa shape index (κ1) is 23.6. The summed E-state index contributed by atoms with van der Waals surface area (Å²) in [5.41, 5.74) is 3.20. The zero-order valence-electron chi connectivity index (χ0n) is 18.1. The predicted octanol–water partition coefficient (Wildman–Crippen LogP) is 4.48. The number of nitrogens with zero attached hydrogens (tertiary/aromatic N) is 1. The lowest BCUT2D eigenvalue weighted by molar-refractivity contribution is -0.119. The van der Waals surface area contributed by atoms with E-state index in [0.29, 0.717) is 12.3 Å². The van der Waals surface area contributed by atoms with E-state index < -0.39 is 22.5 Å². The maximum absolute atomic E-state index is 13.4. The quantitative estimate of drug-likeness (QED) is 0.524. The fourth-order valence-electron chi connectivity index (χ4n) is 3.15. The average molecular weight is 473 g/mol. The van der Waals surface area contributed by atoms with Crippen molar-refractivity contribution in [1.29, 1.82) is 0 Å². The number of carbonyl (C=O) groups is 1. The number of amides is 1. The molecule has 6 nitrogen and oxygen atoms in total. The van der Waals surface area contributed by atoms with Gasteiger partial charge in [-0.1, -0.05) is 53.6 Å². The number of ether oxygens (including phenoxy) is 1. The van der Waals surface area contributed by atoms with Crippen LogP contribution in [0, 0.1) is 13.8 Å². The van der Waals surface area contributed by atoms with Gasteiger partial charge in [0.1, 0.15) is 12.3 Å². The molecular formula is C24H25ClN2O4S. The Balaban J connectivity index is 1.91. The minimum atomic E-state index is -4.02. The van der Waals surface area contributed by atoms with Crippen LogP contribution in [0.2, 0.25) is 5.02 Å². The number of methoxy groups -OCH3 is 1. The largest absolute Gasteiger partial charge is 0.495 e. The smallest absolute Gasteiger partial charge is 0.264 e. The van der Waals surface area contributed by atoms with E-state index in [1.54, 1.807) is 24.3 Å². The highest BCUT2D eigenvalue weighted by molar-refractivity contribution is 7.92. The molecule has 0 fully saturated rings. The molecule has 32 heavy (non-hydrogen) atoms. The van der Waals surface area contributed by atoms with Crippen LogP contribution in [0.15, 0.2) is 71.6 Å². The van der Waals surface area contributed by atoms with Crippen molar-refractivity contribution in [2.24, 2.45) is 0 Å². The Morgan fingerprint density at radius 1 is 1.03 bits per heavy atom. The minimum absolute atomic E-state index is 0.0849. The first-order chi connectivity index (χ1) is 15.2. The molecule has 0 atom stereocenters. The maximum atomic E-state index is 13.4. The number of nitrogens with one attached hydrogen (secondary N) is 1. The van der Waals surface area contributed by atoms with Gasteiger partial charge in [-0.3, -0.25) is 9.10 Å². The van der Waals surface area contributed by atoms with Gasteiger partial charge in [0.05, 0.1) is 22.7 Å². The maximum Gasteiger partial charge on any atom is 0.264 e.